The van der Waals surface area contributed by atoms with E-state index in [-0.39, 0.29) is 12.0 Å². The first-order valence-corrected chi connectivity index (χ1v) is 8.65. The molecule has 22 heavy (non-hydrogen) atoms. The third kappa shape index (κ3) is 3.85. The van der Waals surface area contributed by atoms with E-state index in [0.717, 1.165) is 11.1 Å². The van der Waals surface area contributed by atoms with Crippen LogP contribution in [0, 0.1) is 0 Å². The number of hydrogen-bond acceptors (Lipinski definition) is 4. The quantitative estimate of drug-likeness (QED) is 0.920. The minimum absolute atomic E-state index is 0.0512. The van der Waals surface area contributed by atoms with Crippen molar-refractivity contribution in [1.29, 1.82) is 0 Å². The molecule has 3 rings (SSSR count). The van der Waals surface area contributed by atoms with Gasteiger partial charge in [0.25, 0.3) is 0 Å². The molecule has 0 radical (unpaired) electrons. The Labute approximate surface area is 129 Å². The molecule has 6 heteroatoms. The van der Waals surface area contributed by atoms with Gasteiger partial charge in [0.1, 0.15) is 0 Å². The molecule has 1 saturated heterocycles. The van der Waals surface area contributed by atoms with Crippen LogP contribution in [-0.4, -0.2) is 21.6 Å². The molecule has 0 amide bonds. The Balaban J connectivity index is 1.67. The molecule has 0 saturated carbocycles. The maximum Gasteiger partial charge on any atom is 0.236 e. The lowest BCUT2D eigenvalue weighted by Gasteiger charge is -2.11. The third-order valence-electron chi connectivity index (χ3n) is 3.28. The number of rotatable bonds is 5. The highest BCUT2D eigenvalue weighted by Gasteiger charge is 2.18. The van der Waals surface area contributed by atoms with Crippen molar-refractivity contribution in [2.24, 2.45) is 0 Å². The zero-order valence-corrected chi connectivity index (χ0v) is 12.8. The Morgan fingerprint density at radius 3 is 2.23 bits per heavy atom. The maximum absolute atomic E-state index is 12.2. The molecule has 2 aromatic rings. The highest BCUT2D eigenvalue weighted by molar-refractivity contribution is 7.91. The standard InChI is InChI=1S/C16H17NO4S/c18-22(19,12-13-4-2-1-3-5-13)17-15-8-6-14(7-9-15)16-20-10-11-21-16/h1-9,16-17H,10-12H2. The third-order valence-corrected chi connectivity index (χ3v) is 4.54. The summed E-state index contributed by atoms with van der Waals surface area (Å²) in [5, 5.41) is 0. The van der Waals surface area contributed by atoms with Gasteiger partial charge in [0, 0.05) is 11.3 Å². The van der Waals surface area contributed by atoms with Gasteiger partial charge in [-0.2, -0.15) is 0 Å². The molecular formula is C16H17NO4S. The SMILES string of the molecule is O=S(=O)(Cc1ccccc1)Nc1ccc(C2OCCO2)cc1. The van der Waals surface area contributed by atoms with Crippen molar-refractivity contribution < 1.29 is 17.9 Å². The van der Waals surface area contributed by atoms with E-state index in [4.69, 9.17) is 9.47 Å². The normalized spacial score (nSPS) is 15.8. The molecule has 0 unspecified atom stereocenters. The molecule has 1 fully saturated rings. The minimum atomic E-state index is -3.43. The van der Waals surface area contributed by atoms with Gasteiger partial charge in [-0.3, -0.25) is 4.72 Å². The zero-order chi connectivity index (χ0) is 15.4. The van der Waals surface area contributed by atoms with Crippen LogP contribution in [0.3, 0.4) is 0 Å². The first-order valence-electron chi connectivity index (χ1n) is 7.00. The van der Waals surface area contributed by atoms with Gasteiger partial charge in [-0.05, 0) is 17.7 Å². The van der Waals surface area contributed by atoms with Gasteiger partial charge in [0.2, 0.25) is 10.0 Å². The van der Waals surface area contributed by atoms with Crippen LogP contribution in [0.5, 0.6) is 0 Å². The molecule has 0 spiro atoms. The lowest BCUT2D eigenvalue weighted by Crippen LogP contribution is -2.15. The Morgan fingerprint density at radius 1 is 0.955 bits per heavy atom. The summed E-state index contributed by atoms with van der Waals surface area (Å²) in [6, 6.07) is 16.1. The highest BCUT2D eigenvalue weighted by Crippen LogP contribution is 2.24. The van der Waals surface area contributed by atoms with Gasteiger partial charge in [-0.25, -0.2) is 8.42 Å². The second-order valence-electron chi connectivity index (χ2n) is 5.04. The minimum Gasteiger partial charge on any atom is -0.346 e. The van der Waals surface area contributed by atoms with Crippen molar-refractivity contribution in [2.45, 2.75) is 12.0 Å². The van der Waals surface area contributed by atoms with E-state index in [1.165, 1.54) is 0 Å². The van der Waals surface area contributed by atoms with Crippen LogP contribution < -0.4 is 4.72 Å². The van der Waals surface area contributed by atoms with E-state index in [9.17, 15) is 8.42 Å². The summed E-state index contributed by atoms with van der Waals surface area (Å²) in [6.07, 6.45) is -0.352. The summed E-state index contributed by atoms with van der Waals surface area (Å²) in [5.41, 5.74) is 2.15. The van der Waals surface area contributed by atoms with Crippen molar-refractivity contribution in [2.75, 3.05) is 17.9 Å². The summed E-state index contributed by atoms with van der Waals surface area (Å²) >= 11 is 0. The predicted molar refractivity (Wildman–Crippen MR) is 83.8 cm³/mol. The lowest BCUT2D eigenvalue weighted by molar-refractivity contribution is -0.0441. The van der Waals surface area contributed by atoms with E-state index in [1.54, 1.807) is 36.4 Å². The van der Waals surface area contributed by atoms with E-state index in [2.05, 4.69) is 4.72 Å². The number of benzene rings is 2. The first-order chi connectivity index (χ1) is 10.6. The van der Waals surface area contributed by atoms with Crippen LogP contribution in [-0.2, 0) is 25.2 Å². The molecule has 1 heterocycles. The van der Waals surface area contributed by atoms with E-state index in [1.807, 2.05) is 18.2 Å². The van der Waals surface area contributed by atoms with Gasteiger partial charge < -0.3 is 9.47 Å². The molecule has 1 aliphatic heterocycles. The fraction of sp³-hybridized carbons (Fsp3) is 0.250. The van der Waals surface area contributed by atoms with Crippen molar-refractivity contribution in [3.63, 3.8) is 0 Å². The molecule has 1 N–H and O–H groups in total. The van der Waals surface area contributed by atoms with E-state index < -0.39 is 10.0 Å². The van der Waals surface area contributed by atoms with Gasteiger partial charge in [0.15, 0.2) is 6.29 Å². The maximum atomic E-state index is 12.2. The Bertz CT molecular complexity index is 708. The fourth-order valence-corrected chi connectivity index (χ4v) is 3.47. The molecular weight excluding hydrogens is 302 g/mol. The highest BCUT2D eigenvalue weighted by atomic mass is 32.2. The van der Waals surface area contributed by atoms with Crippen molar-refractivity contribution >= 4 is 15.7 Å². The Morgan fingerprint density at radius 2 is 1.59 bits per heavy atom. The summed E-state index contributed by atoms with van der Waals surface area (Å²) in [4.78, 5) is 0. The molecule has 5 nitrogen and oxygen atoms in total. The summed E-state index contributed by atoms with van der Waals surface area (Å²) in [5.74, 6) is -0.0512. The average molecular weight is 319 g/mol. The van der Waals surface area contributed by atoms with Crippen LogP contribution in [0.2, 0.25) is 0 Å². The van der Waals surface area contributed by atoms with E-state index in [0.29, 0.717) is 18.9 Å². The molecule has 1 aliphatic rings. The molecule has 2 aromatic carbocycles. The van der Waals surface area contributed by atoms with Gasteiger partial charge in [-0.1, -0.05) is 42.5 Å². The molecule has 0 bridgehead atoms. The number of sulfonamides is 1. The smallest absolute Gasteiger partial charge is 0.236 e. The predicted octanol–water partition coefficient (Wildman–Crippen LogP) is 2.67. The largest absolute Gasteiger partial charge is 0.346 e. The van der Waals surface area contributed by atoms with Gasteiger partial charge in [-0.15, -0.1) is 0 Å². The molecule has 0 atom stereocenters. The number of ether oxygens (including phenoxy) is 2. The van der Waals surface area contributed by atoms with Crippen molar-refractivity contribution in [3.05, 3.63) is 65.7 Å². The molecule has 0 aromatic heterocycles. The average Bonchev–Trinajstić information content (AvgIpc) is 3.02. The first kappa shape index (κ1) is 15.0. The summed E-state index contributed by atoms with van der Waals surface area (Å²) in [6.45, 7) is 1.16. The Kier molecular flexibility index (Phi) is 4.42. The number of hydrogen-bond donors (Lipinski definition) is 1. The number of anilines is 1. The second-order valence-corrected chi connectivity index (χ2v) is 6.76. The van der Waals surface area contributed by atoms with Crippen LogP contribution in [0.15, 0.2) is 54.6 Å². The summed E-state index contributed by atoms with van der Waals surface area (Å²) in [7, 11) is -3.43. The number of nitrogens with one attached hydrogen (secondary N) is 1. The lowest BCUT2D eigenvalue weighted by atomic mass is 10.2. The Hall–Kier alpha value is -1.89. The monoisotopic (exact) mass is 319 g/mol. The van der Waals surface area contributed by atoms with Crippen molar-refractivity contribution in [1.82, 2.24) is 0 Å². The van der Waals surface area contributed by atoms with E-state index >= 15 is 0 Å². The second kappa shape index (κ2) is 6.48. The van der Waals surface area contributed by atoms with Crippen LogP contribution >= 0.6 is 0 Å². The van der Waals surface area contributed by atoms with Crippen LogP contribution in [0.25, 0.3) is 0 Å². The summed E-state index contributed by atoms with van der Waals surface area (Å²) < 4.78 is 37.7. The van der Waals surface area contributed by atoms with Gasteiger partial charge in [0.05, 0.1) is 19.0 Å². The molecule has 0 aliphatic carbocycles. The molecule has 116 valence electrons. The van der Waals surface area contributed by atoms with Crippen molar-refractivity contribution in [3.8, 4) is 0 Å². The fourth-order valence-electron chi connectivity index (χ4n) is 2.27. The van der Waals surface area contributed by atoms with Gasteiger partial charge >= 0.3 is 0 Å². The van der Waals surface area contributed by atoms with Crippen LogP contribution in [0.4, 0.5) is 5.69 Å². The zero-order valence-electron chi connectivity index (χ0n) is 11.9. The topological polar surface area (TPSA) is 64.6 Å². The van der Waals surface area contributed by atoms with Crippen LogP contribution in [0.1, 0.15) is 17.4 Å².